The van der Waals surface area contributed by atoms with Gasteiger partial charge in [0.25, 0.3) is 0 Å². The van der Waals surface area contributed by atoms with Crippen LogP contribution in [0.2, 0.25) is 0 Å². The molecular weight excluding hydrogens is 226 g/mol. The predicted molar refractivity (Wildman–Crippen MR) is 77.5 cm³/mol. The molecule has 2 unspecified atom stereocenters. The summed E-state index contributed by atoms with van der Waals surface area (Å²) >= 11 is 0. The largest absolute Gasteiger partial charge is 0.368 e. The summed E-state index contributed by atoms with van der Waals surface area (Å²) in [5.41, 5.74) is 5.47. The molecule has 0 aromatic heterocycles. The molecule has 0 saturated heterocycles. The average Bonchev–Trinajstić information content (AvgIpc) is 2.36. The number of rotatable bonds is 11. The Kier molecular flexibility index (Phi) is 9.98. The van der Waals surface area contributed by atoms with Gasteiger partial charge in [0.05, 0.1) is 6.04 Å². The van der Waals surface area contributed by atoms with E-state index in [1.54, 1.807) is 0 Å². The lowest BCUT2D eigenvalue weighted by Gasteiger charge is -2.31. The van der Waals surface area contributed by atoms with Gasteiger partial charge in [0, 0.05) is 12.6 Å². The minimum atomic E-state index is -0.242. The molecule has 0 bridgehead atoms. The third-order valence-electron chi connectivity index (χ3n) is 3.41. The first-order chi connectivity index (χ1) is 8.56. The minimum absolute atomic E-state index is 0.226. The minimum Gasteiger partial charge on any atom is -0.368 e. The standard InChI is InChI=1S/C14H31N3O/c1-5-8-10-17(12(4)7-3)11-13(14(15)18)16-9-6-2/h12-13,16H,5-11H2,1-4H3,(H2,15,18). The van der Waals surface area contributed by atoms with Crippen LogP contribution in [0.3, 0.4) is 0 Å². The molecule has 0 fully saturated rings. The summed E-state index contributed by atoms with van der Waals surface area (Å²) in [6, 6.07) is 0.276. The van der Waals surface area contributed by atoms with Gasteiger partial charge in [-0.05, 0) is 39.3 Å². The molecule has 0 heterocycles. The molecule has 0 radical (unpaired) electrons. The van der Waals surface area contributed by atoms with E-state index < -0.39 is 0 Å². The van der Waals surface area contributed by atoms with E-state index in [0.717, 1.165) is 32.5 Å². The van der Waals surface area contributed by atoms with Gasteiger partial charge in [0.1, 0.15) is 0 Å². The van der Waals surface area contributed by atoms with Gasteiger partial charge in [-0.25, -0.2) is 0 Å². The van der Waals surface area contributed by atoms with Gasteiger partial charge >= 0.3 is 0 Å². The topological polar surface area (TPSA) is 58.4 Å². The second-order valence-corrected chi connectivity index (χ2v) is 5.01. The van der Waals surface area contributed by atoms with E-state index in [9.17, 15) is 4.79 Å². The summed E-state index contributed by atoms with van der Waals surface area (Å²) in [7, 11) is 0. The maximum atomic E-state index is 11.5. The second kappa shape index (κ2) is 10.3. The van der Waals surface area contributed by atoms with E-state index in [1.807, 2.05) is 0 Å². The van der Waals surface area contributed by atoms with Crippen LogP contribution in [-0.4, -0.2) is 42.5 Å². The third-order valence-corrected chi connectivity index (χ3v) is 3.41. The molecule has 0 saturated carbocycles. The lowest BCUT2D eigenvalue weighted by molar-refractivity contribution is -0.120. The molecule has 4 heteroatoms. The Morgan fingerprint density at radius 1 is 1.28 bits per heavy atom. The Bertz CT molecular complexity index is 221. The van der Waals surface area contributed by atoms with E-state index >= 15 is 0 Å². The van der Waals surface area contributed by atoms with E-state index in [-0.39, 0.29) is 11.9 Å². The van der Waals surface area contributed by atoms with Crippen LogP contribution in [0.4, 0.5) is 0 Å². The van der Waals surface area contributed by atoms with Crippen LogP contribution in [0.1, 0.15) is 53.4 Å². The van der Waals surface area contributed by atoms with Crippen molar-refractivity contribution in [3.05, 3.63) is 0 Å². The highest BCUT2D eigenvalue weighted by atomic mass is 16.1. The molecule has 0 aliphatic heterocycles. The first kappa shape index (κ1) is 17.4. The first-order valence-corrected chi connectivity index (χ1v) is 7.33. The maximum absolute atomic E-state index is 11.5. The number of primary amides is 1. The molecule has 108 valence electrons. The zero-order valence-electron chi connectivity index (χ0n) is 12.5. The summed E-state index contributed by atoms with van der Waals surface area (Å²) in [5.74, 6) is -0.242. The molecule has 0 aliphatic carbocycles. The number of hydrogen-bond acceptors (Lipinski definition) is 3. The van der Waals surface area contributed by atoms with E-state index in [4.69, 9.17) is 5.73 Å². The van der Waals surface area contributed by atoms with Crippen LogP contribution < -0.4 is 11.1 Å². The van der Waals surface area contributed by atoms with Crippen molar-refractivity contribution in [3.63, 3.8) is 0 Å². The summed E-state index contributed by atoms with van der Waals surface area (Å²) < 4.78 is 0. The lowest BCUT2D eigenvalue weighted by atomic mass is 10.1. The molecular formula is C14H31N3O. The van der Waals surface area contributed by atoms with Crippen molar-refractivity contribution in [2.75, 3.05) is 19.6 Å². The van der Waals surface area contributed by atoms with Crippen LogP contribution in [0.5, 0.6) is 0 Å². The normalized spacial score (nSPS) is 14.7. The highest BCUT2D eigenvalue weighted by Crippen LogP contribution is 2.07. The van der Waals surface area contributed by atoms with Crippen LogP contribution in [-0.2, 0) is 4.79 Å². The molecule has 0 aromatic carbocycles. The van der Waals surface area contributed by atoms with Crippen molar-refractivity contribution in [1.82, 2.24) is 10.2 Å². The van der Waals surface area contributed by atoms with Gasteiger partial charge in [-0.3, -0.25) is 9.69 Å². The summed E-state index contributed by atoms with van der Waals surface area (Å²) in [6.07, 6.45) is 4.46. The van der Waals surface area contributed by atoms with Crippen molar-refractivity contribution < 1.29 is 4.79 Å². The number of nitrogens with two attached hydrogens (primary N) is 1. The van der Waals surface area contributed by atoms with Crippen molar-refractivity contribution in [2.45, 2.75) is 65.5 Å². The Morgan fingerprint density at radius 2 is 1.94 bits per heavy atom. The molecule has 4 nitrogen and oxygen atoms in total. The SMILES string of the molecule is CCCCN(CC(NCCC)C(N)=O)C(C)CC. The molecule has 2 atom stereocenters. The average molecular weight is 257 g/mol. The Labute approximate surface area is 112 Å². The third kappa shape index (κ3) is 6.97. The number of nitrogens with zero attached hydrogens (tertiary/aromatic N) is 1. The number of carbonyl (C=O) groups excluding carboxylic acids is 1. The highest BCUT2D eigenvalue weighted by Gasteiger charge is 2.20. The smallest absolute Gasteiger partial charge is 0.235 e. The van der Waals surface area contributed by atoms with Gasteiger partial charge in [-0.15, -0.1) is 0 Å². The van der Waals surface area contributed by atoms with Crippen molar-refractivity contribution in [3.8, 4) is 0 Å². The van der Waals surface area contributed by atoms with Gasteiger partial charge in [-0.1, -0.05) is 27.2 Å². The number of unbranched alkanes of at least 4 members (excludes halogenated alkanes) is 1. The van der Waals surface area contributed by atoms with Crippen LogP contribution in [0.25, 0.3) is 0 Å². The Hall–Kier alpha value is -0.610. The monoisotopic (exact) mass is 257 g/mol. The van der Waals surface area contributed by atoms with Crippen molar-refractivity contribution >= 4 is 5.91 Å². The molecule has 0 aromatic rings. The number of hydrogen-bond donors (Lipinski definition) is 2. The fourth-order valence-electron chi connectivity index (χ4n) is 1.92. The number of nitrogens with one attached hydrogen (secondary N) is 1. The Balaban J connectivity index is 4.42. The first-order valence-electron chi connectivity index (χ1n) is 7.33. The molecule has 0 spiro atoms. The van der Waals surface area contributed by atoms with Gasteiger partial charge in [0.15, 0.2) is 0 Å². The summed E-state index contributed by atoms with van der Waals surface area (Å²) in [4.78, 5) is 13.8. The van der Waals surface area contributed by atoms with Crippen LogP contribution in [0.15, 0.2) is 0 Å². The fourth-order valence-corrected chi connectivity index (χ4v) is 1.92. The number of amides is 1. The van der Waals surface area contributed by atoms with Gasteiger partial charge in [0.2, 0.25) is 5.91 Å². The molecule has 0 aliphatic rings. The zero-order valence-corrected chi connectivity index (χ0v) is 12.5. The van der Waals surface area contributed by atoms with Crippen LogP contribution >= 0.6 is 0 Å². The maximum Gasteiger partial charge on any atom is 0.235 e. The molecule has 3 N–H and O–H groups in total. The highest BCUT2D eigenvalue weighted by molar-refractivity contribution is 5.80. The second-order valence-electron chi connectivity index (χ2n) is 5.01. The summed E-state index contributed by atoms with van der Waals surface area (Å²) in [6.45, 7) is 11.3. The quantitative estimate of drug-likeness (QED) is 0.593. The molecule has 18 heavy (non-hydrogen) atoms. The predicted octanol–water partition coefficient (Wildman–Crippen LogP) is 1.74. The lowest BCUT2D eigenvalue weighted by Crippen LogP contribution is -2.51. The van der Waals surface area contributed by atoms with Crippen LogP contribution in [0, 0.1) is 0 Å². The molecule has 0 rings (SSSR count). The molecule has 1 amide bonds. The van der Waals surface area contributed by atoms with Crippen molar-refractivity contribution in [1.29, 1.82) is 0 Å². The van der Waals surface area contributed by atoms with Crippen molar-refractivity contribution in [2.24, 2.45) is 5.73 Å². The van der Waals surface area contributed by atoms with E-state index in [1.165, 1.54) is 12.8 Å². The number of carbonyl (C=O) groups is 1. The van der Waals surface area contributed by atoms with E-state index in [0.29, 0.717) is 6.04 Å². The van der Waals surface area contributed by atoms with E-state index in [2.05, 4.69) is 37.9 Å². The zero-order chi connectivity index (χ0) is 14.0. The Morgan fingerprint density at radius 3 is 2.39 bits per heavy atom. The summed E-state index contributed by atoms with van der Waals surface area (Å²) in [5, 5.41) is 3.24. The fraction of sp³-hybridized carbons (Fsp3) is 0.929. The van der Waals surface area contributed by atoms with Gasteiger partial charge in [-0.2, -0.15) is 0 Å². The van der Waals surface area contributed by atoms with Gasteiger partial charge < -0.3 is 11.1 Å².